The van der Waals surface area contributed by atoms with E-state index < -0.39 is 0 Å². The Morgan fingerprint density at radius 1 is 1.31 bits per heavy atom. The molecule has 0 aliphatic rings. The van der Waals surface area contributed by atoms with Gasteiger partial charge in [-0.2, -0.15) is 5.48 Å². The number of nitrogens with one attached hydrogen (secondary N) is 1. The van der Waals surface area contributed by atoms with Crippen LogP contribution in [0, 0.1) is 0 Å². The summed E-state index contributed by atoms with van der Waals surface area (Å²) in [6.07, 6.45) is 0. The fraction of sp³-hybridized carbons (Fsp3) is 0.222. The molecule has 70 valence electrons. The van der Waals surface area contributed by atoms with E-state index in [1.54, 1.807) is 31.3 Å². The lowest BCUT2D eigenvalue weighted by molar-refractivity contribution is 0.0600. The van der Waals surface area contributed by atoms with Crippen molar-refractivity contribution in [3.8, 4) is 5.75 Å². The zero-order chi connectivity index (χ0) is 9.68. The SMILES string of the molecule is CNOc1ccc(C(=O)OC)cc1. The first-order valence-corrected chi connectivity index (χ1v) is 3.80. The third kappa shape index (κ3) is 2.45. The fourth-order valence-electron chi connectivity index (χ4n) is 0.895. The average molecular weight is 181 g/mol. The van der Waals surface area contributed by atoms with E-state index in [1.165, 1.54) is 7.11 Å². The normalized spacial score (nSPS) is 9.38. The first-order valence-electron chi connectivity index (χ1n) is 3.80. The van der Waals surface area contributed by atoms with Crippen molar-refractivity contribution in [3.05, 3.63) is 29.8 Å². The molecule has 0 fully saturated rings. The molecule has 0 amide bonds. The molecule has 0 aliphatic heterocycles. The van der Waals surface area contributed by atoms with E-state index in [-0.39, 0.29) is 5.97 Å². The number of benzene rings is 1. The van der Waals surface area contributed by atoms with E-state index in [4.69, 9.17) is 4.84 Å². The van der Waals surface area contributed by atoms with Crippen molar-refractivity contribution in [1.29, 1.82) is 0 Å². The number of hydrogen-bond acceptors (Lipinski definition) is 4. The van der Waals surface area contributed by atoms with Crippen molar-refractivity contribution in [3.63, 3.8) is 0 Å². The molecule has 0 aliphatic carbocycles. The highest BCUT2D eigenvalue weighted by Crippen LogP contribution is 2.11. The van der Waals surface area contributed by atoms with Crippen molar-refractivity contribution in [2.45, 2.75) is 0 Å². The van der Waals surface area contributed by atoms with Gasteiger partial charge in [0.25, 0.3) is 0 Å². The molecule has 4 nitrogen and oxygen atoms in total. The lowest BCUT2D eigenvalue weighted by Crippen LogP contribution is -2.11. The summed E-state index contributed by atoms with van der Waals surface area (Å²) in [5.74, 6) is 0.297. The predicted octanol–water partition coefficient (Wildman–Crippen LogP) is 0.986. The Balaban J connectivity index is 2.75. The Bertz CT molecular complexity index is 281. The van der Waals surface area contributed by atoms with E-state index in [1.807, 2.05) is 0 Å². The maximum atomic E-state index is 11.0. The fourth-order valence-corrected chi connectivity index (χ4v) is 0.895. The number of hydrogen-bond donors (Lipinski definition) is 1. The molecule has 1 aromatic rings. The molecule has 0 bridgehead atoms. The smallest absolute Gasteiger partial charge is 0.337 e. The van der Waals surface area contributed by atoms with Gasteiger partial charge in [-0.3, -0.25) is 0 Å². The second kappa shape index (κ2) is 4.47. The van der Waals surface area contributed by atoms with Crippen molar-refractivity contribution < 1.29 is 14.4 Å². The number of hydroxylamine groups is 1. The molecule has 0 radical (unpaired) electrons. The first kappa shape index (κ1) is 9.54. The molecule has 4 heteroatoms. The lowest BCUT2D eigenvalue weighted by Gasteiger charge is -2.03. The predicted molar refractivity (Wildman–Crippen MR) is 47.5 cm³/mol. The highest BCUT2D eigenvalue weighted by atomic mass is 16.6. The van der Waals surface area contributed by atoms with Gasteiger partial charge in [0.1, 0.15) is 5.75 Å². The zero-order valence-corrected chi connectivity index (χ0v) is 7.53. The highest BCUT2D eigenvalue weighted by Gasteiger charge is 2.03. The van der Waals surface area contributed by atoms with Crippen LogP contribution in [0.1, 0.15) is 10.4 Å². The van der Waals surface area contributed by atoms with Crippen molar-refractivity contribution in [2.75, 3.05) is 14.2 Å². The Hall–Kier alpha value is -1.55. The van der Waals surface area contributed by atoms with Crippen LogP contribution in [-0.4, -0.2) is 20.1 Å². The highest BCUT2D eigenvalue weighted by molar-refractivity contribution is 5.89. The summed E-state index contributed by atoms with van der Waals surface area (Å²) in [6, 6.07) is 6.64. The van der Waals surface area contributed by atoms with Gasteiger partial charge in [0.05, 0.1) is 12.7 Å². The largest absolute Gasteiger partial charge is 0.465 e. The number of methoxy groups -OCH3 is 1. The number of carbonyl (C=O) groups excluding carboxylic acids is 1. The summed E-state index contributed by atoms with van der Waals surface area (Å²) in [4.78, 5) is 16.0. The molecule has 0 unspecified atom stereocenters. The zero-order valence-electron chi connectivity index (χ0n) is 7.53. The second-order valence-corrected chi connectivity index (χ2v) is 2.32. The number of esters is 1. The topological polar surface area (TPSA) is 47.6 Å². The molecule has 1 aromatic carbocycles. The van der Waals surface area contributed by atoms with Crippen LogP contribution in [0.4, 0.5) is 0 Å². The van der Waals surface area contributed by atoms with Gasteiger partial charge in [-0.15, -0.1) is 0 Å². The minimum atomic E-state index is -0.351. The van der Waals surface area contributed by atoms with Crippen LogP contribution in [0.2, 0.25) is 0 Å². The molecule has 1 rings (SSSR count). The second-order valence-electron chi connectivity index (χ2n) is 2.32. The van der Waals surface area contributed by atoms with Crippen LogP contribution in [0.15, 0.2) is 24.3 Å². The van der Waals surface area contributed by atoms with E-state index in [9.17, 15) is 4.79 Å². The average Bonchev–Trinajstić information content (AvgIpc) is 2.18. The molecule has 0 spiro atoms. The summed E-state index contributed by atoms with van der Waals surface area (Å²) >= 11 is 0. The van der Waals surface area contributed by atoms with Gasteiger partial charge in [-0.1, -0.05) is 0 Å². The summed E-state index contributed by atoms with van der Waals surface area (Å²) in [6.45, 7) is 0. The molecule has 0 heterocycles. The van der Waals surface area contributed by atoms with Crippen molar-refractivity contribution in [2.24, 2.45) is 0 Å². The van der Waals surface area contributed by atoms with Crippen LogP contribution >= 0.6 is 0 Å². The molecule has 1 N–H and O–H groups in total. The Morgan fingerprint density at radius 2 is 1.92 bits per heavy atom. The third-order valence-electron chi connectivity index (χ3n) is 1.50. The summed E-state index contributed by atoms with van der Waals surface area (Å²) < 4.78 is 4.54. The van der Waals surface area contributed by atoms with E-state index in [0.29, 0.717) is 11.3 Å². The van der Waals surface area contributed by atoms with Crippen LogP contribution in [0.3, 0.4) is 0 Å². The Kier molecular flexibility index (Phi) is 3.28. The van der Waals surface area contributed by atoms with Gasteiger partial charge >= 0.3 is 5.97 Å². The maximum Gasteiger partial charge on any atom is 0.337 e. The van der Waals surface area contributed by atoms with Crippen LogP contribution < -0.4 is 10.3 Å². The lowest BCUT2D eigenvalue weighted by atomic mass is 10.2. The monoisotopic (exact) mass is 181 g/mol. The van der Waals surface area contributed by atoms with Crippen LogP contribution in [-0.2, 0) is 4.74 Å². The van der Waals surface area contributed by atoms with Crippen LogP contribution in [0.5, 0.6) is 5.75 Å². The summed E-state index contributed by atoms with van der Waals surface area (Å²) in [5.41, 5.74) is 3.04. The Labute approximate surface area is 76.4 Å². The van der Waals surface area contributed by atoms with Crippen molar-refractivity contribution >= 4 is 5.97 Å². The molecular weight excluding hydrogens is 170 g/mol. The summed E-state index contributed by atoms with van der Waals surface area (Å²) in [7, 11) is 3.01. The number of ether oxygens (including phenoxy) is 1. The van der Waals surface area contributed by atoms with Gasteiger partial charge in [0.15, 0.2) is 0 Å². The third-order valence-corrected chi connectivity index (χ3v) is 1.50. The number of carbonyl (C=O) groups is 1. The molecule has 0 saturated heterocycles. The Morgan fingerprint density at radius 3 is 2.38 bits per heavy atom. The van der Waals surface area contributed by atoms with E-state index in [0.717, 1.165) is 0 Å². The first-order chi connectivity index (χ1) is 6.27. The van der Waals surface area contributed by atoms with Gasteiger partial charge in [-0.25, -0.2) is 4.79 Å². The standard InChI is InChI=1S/C9H11NO3/c1-10-13-8-5-3-7(4-6-8)9(11)12-2/h3-6,10H,1-2H3. The molecule has 13 heavy (non-hydrogen) atoms. The number of rotatable bonds is 3. The van der Waals surface area contributed by atoms with E-state index >= 15 is 0 Å². The van der Waals surface area contributed by atoms with Crippen LogP contribution in [0.25, 0.3) is 0 Å². The van der Waals surface area contributed by atoms with Crippen molar-refractivity contribution in [1.82, 2.24) is 5.48 Å². The minimum Gasteiger partial charge on any atom is -0.465 e. The maximum absolute atomic E-state index is 11.0. The molecule has 0 aromatic heterocycles. The van der Waals surface area contributed by atoms with E-state index in [2.05, 4.69) is 10.2 Å². The molecule has 0 atom stereocenters. The quantitative estimate of drug-likeness (QED) is 0.558. The molecule has 0 saturated carbocycles. The van der Waals surface area contributed by atoms with Gasteiger partial charge < -0.3 is 9.57 Å². The van der Waals surface area contributed by atoms with Gasteiger partial charge in [0, 0.05) is 7.05 Å². The van der Waals surface area contributed by atoms with Gasteiger partial charge in [0.2, 0.25) is 0 Å². The molecular formula is C9H11NO3. The minimum absolute atomic E-state index is 0.351. The summed E-state index contributed by atoms with van der Waals surface area (Å²) in [5, 5.41) is 0. The van der Waals surface area contributed by atoms with Gasteiger partial charge in [-0.05, 0) is 24.3 Å².